The Morgan fingerprint density at radius 2 is 1.98 bits per heavy atom. The number of aliphatic hydroxyl groups excluding tert-OH is 1. The highest BCUT2D eigenvalue weighted by molar-refractivity contribution is 5.84. The number of benzene rings is 3. The number of allylic oxidation sites excluding steroid dienone is 3. The highest BCUT2D eigenvalue weighted by Gasteiger charge is 2.51. The lowest BCUT2D eigenvalue weighted by atomic mass is 9.65. The maximum absolute atomic E-state index is 12.3. The van der Waals surface area contributed by atoms with Crippen molar-refractivity contribution < 1.29 is 39.1 Å². The monoisotopic (exact) mass is 704 g/mol. The molecule has 1 fully saturated rings. The molecule has 52 heavy (non-hydrogen) atoms. The number of esters is 1. The van der Waals surface area contributed by atoms with Gasteiger partial charge in [-0.1, -0.05) is 31.1 Å². The van der Waals surface area contributed by atoms with Crippen LogP contribution in [0.2, 0.25) is 0 Å². The van der Waals surface area contributed by atoms with Crippen LogP contribution >= 0.6 is 0 Å². The number of carbonyl (C=O) groups is 1. The highest BCUT2D eigenvalue weighted by atomic mass is 16.6. The number of hydrogen-bond donors (Lipinski definition) is 5. The Balaban J connectivity index is 1.39. The maximum atomic E-state index is 12.3. The van der Waals surface area contributed by atoms with Crippen molar-refractivity contribution in [2.24, 2.45) is 11.7 Å². The molecule has 6 N–H and O–H groups in total. The van der Waals surface area contributed by atoms with Gasteiger partial charge in [0.25, 0.3) is 0 Å². The molecule has 1 spiro atoms. The molecule has 1 unspecified atom stereocenters. The number of nitrogens with one attached hydrogen (secondary N) is 1. The Kier molecular flexibility index (Phi) is 8.59. The number of hydrogen-bond acceptors (Lipinski definition) is 10. The van der Waals surface area contributed by atoms with Crippen LogP contribution in [-0.2, 0) is 27.8 Å². The summed E-state index contributed by atoms with van der Waals surface area (Å²) in [6.07, 6.45) is 6.64. The SMILES string of the molecule is CCC1=CC2=C(C#CCc3cc(O)c(OC)cc3[C@H]3Oc4c(ccc5c4[C@@]4(CC[C@H](C2)C4)Cc2cc(O)cc(OCO)c2-5)[C@@H]3COC(C)=O)NC1N. The number of carbonyl (C=O) groups excluding carboxylic acids is 1. The summed E-state index contributed by atoms with van der Waals surface area (Å²) in [7, 11) is 1.51. The molecule has 3 heterocycles. The zero-order chi connectivity index (χ0) is 36.3. The first-order chi connectivity index (χ1) is 25.1. The molecule has 3 aromatic rings. The molecular weight excluding hydrogens is 660 g/mol. The van der Waals surface area contributed by atoms with Gasteiger partial charge in [-0.3, -0.25) is 4.79 Å². The Labute approximate surface area is 303 Å². The Morgan fingerprint density at radius 3 is 2.75 bits per heavy atom. The number of aliphatic hydroxyl groups is 1. The third kappa shape index (κ3) is 5.63. The van der Waals surface area contributed by atoms with Gasteiger partial charge in [-0.2, -0.15) is 0 Å². The maximum Gasteiger partial charge on any atom is 0.302 e. The van der Waals surface area contributed by atoms with Gasteiger partial charge in [-0.15, -0.1) is 0 Å². The summed E-state index contributed by atoms with van der Waals surface area (Å²) in [6.45, 7) is 3.06. The molecule has 10 heteroatoms. The number of rotatable bonds is 6. The van der Waals surface area contributed by atoms with Crippen LogP contribution in [0, 0.1) is 17.8 Å². The Bertz CT molecular complexity index is 2110. The molecular formula is C42H44N2O8. The zero-order valence-corrected chi connectivity index (χ0v) is 29.7. The minimum atomic E-state index is -0.591. The van der Waals surface area contributed by atoms with Gasteiger partial charge in [0.2, 0.25) is 0 Å². The second-order valence-corrected chi connectivity index (χ2v) is 14.7. The van der Waals surface area contributed by atoms with E-state index in [1.807, 2.05) is 12.1 Å². The van der Waals surface area contributed by atoms with Crippen LogP contribution in [0.25, 0.3) is 11.1 Å². The van der Waals surface area contributed by atoms with Gasteiger partial charge in [-0.25, -0.2) is 0 Å². The molecule has 0 amide bonds. The number of methoxy groups -OCH3 is 1. The molecule has 0 saturated heterocycles. The standard InChI is InChI=1S/C42H44N2O8/c1-4-24-13-26-12-23-10-11-42(18-23)19-27-14-28(47)16-36(51-21-45)37(27)30-9-8-29-32(20-50-22(2)46)39(52-40(29)38(30)42)31-17-35(49-3)34(48)15-25(31)6-5-7-33(26)44-41(24)43/h8-9,13-17,23,32,39,41,44-45,47-48H,4,6,10-12,18-21,43H2,1-3H3/t23-,32+,39-,41?,42-/m1/s1. The van der Waals surface area contributed by atoms with Gasteiger partial charge in [-0.05, 0) is 96.4 Å². The van der Waals surface area contributed by atoms with Gasteiger partial charge >= 0.3 is 5.97 Å². The molecule has 4 bridgehead atoms. The van der Waals surface area contributed by atoms with Gasteiger partial charge in [0, 0.05) is 47.1 Å². The summed E-state index contributed by atoms with van der Waals surface area (Å²) in [5.74, 6) is 7.87. The first-order valence-corrected chi connectivity index (χ1v) is 18.0. The summed E-state index contributed by atoms with van der Waals surface area (Å²) in [5, 5.41) is 35.1. The fourth-order valence-electron chi connectivity index (χ4n) is 9.40. The van der Waals surface area contributed by atoms with E-state index in [-0.39, 0.29) is 41.6 Å². The van der Waals surface area contributed by atoms with Crippen molar-refractivity contribution in [2.45, 2.75) is 82.4 Å². The molecule has 2 aliphatic carbocycles. The smallest absolute Gasteiger partial charge is 0.302 e. The average Bonchev–Trinajstić information content (AvgIpc) is 3.68. The second kappa shape index (κ2) is 13.1. The largest absolute Gasteiger partial charge is 0.508 e. The van der Waals surface area contributed by atoms with Gasteiger partial charge in [0.1, 0.15) is 30.0 Å². The molecule has 10 nitrogen and oxygen atoms in total. The number of phenols is 2. The number of nitrogens with two attached hydrogens (primary N) is 1. The molecule has 3 aromatic carbocycles. The molecule has 5 aliphatic rings. The average molecular weight is 705 g/mol. The van der Waals surface area contributed by atoms with E-state index < -0.39 is 12.9 Å². The van der Waals surface area contributed by atoms with Crippen molar-refractivity contribution in [3.05, 3.63) is 87.1 Å². The van der Waals surface area contributed by atoms with Crippen LogP contribution in [0.5, 0.6) is 28.7 Å². The Hall–Kier alpha value is -5.11. The van der Waals surface area contributed by atoms with Crippen LogP contribution in [0.15, 0.2) is 59.3 Å². The minimum Gasteiger partial charge on any atom is -0.508 e. The molecule has 270 valence electrons. The topological polar surface area (TPSA) is 153 Å². The van der Waals surface area contributed by atoms with Crippen LogP contribution in [0.4, 0.5) is 0 Å². The van der Waals surface area contributed by atoms with Crippen LogP contribution in [0.3, 0.4) is 0 Å². The van der Waals surface area contributed by atoms with Crippen LogP contribution in [-0.4, -0.2) is 48.0 Å². The van der Waals surface area contributed by atoms with Crippen molar-refractivity contribution >= 4 is 5.97 Å². The van der Waals surface area contributed by atoms with E-state index in [0.717, 1.165) is 93.6 Å². The van der Waals surface area contributed by atoms with E-state index >= 15 is 0 Å². The van der Waals surface area contributed by atoms with Crippen LogP contribution in [0.1, 0.15) is 85.8 Å². The zero-order valence-electron chi connectivity index (χ0n) is 29.7. The number of fused-ring (bicyclic) bond motifs is 6. The first-order valence-electron chi connectivity index (χ1n) is 18.0. The predicted octanol–water partition coefficient (Wildman–Crippen LogP) is 5.90. The summed E-state index contributed by atoms with van der Waals surface area (Å²) in [4.78, 5) is 12.3. The van der Waals surface area contributed by atoms with E-state index in [2.05, 4.69) is 36.2 Å². The van der Waals surface area contributed by atoms with Gasteiger partial charge in [0.05, 0.1) is 24.9 Å². The van der Waals surface area contributed by atoms with E-state index in [1.54, 1.807) is 18.2 Å². The summed E-state index contributed by atoms with van der Waals surface area (Å²) in [5.41, 5.74) is 15.6. The summed E-state index contributed by atoms with van der Waals surface area (Å²) in [6, 6.07) is 11.0. The van der Waals surface area contributed by atoms with E-state index in [4.69, 9.17) is 24.7 Å². The lowest BCUT2D eigenvalue weighted by Crippen LogP contribution is -2.41. The van der Waals surface area contributed by atoms with Crippen molar-refractivity contribution in [1.29, 1.82) is 0 Å². The number of ether oxygens (including phenoxy) is 4. The van der Waals surface area contributed by atoms with Gasteiger partial charge in [0.15, 0.2) is 18.3 Å². The molecule has 5 atom stereocenters. The van der Waals surface area contributed by atoms with Crippen molar-refractivity contribution in [2.75, 3.05) is 20.5 Å². The Morgan fingerprint density at radius 1 is 1.13 bits per heavy atom. The third-order valence-corrected chi connectivity index (χ3v) is 11.6. The van der Waals surface area contributed by atoms with Crippen LogP contribution < -0.4 is 25.3 Å². The quantitative estimate of drug-likeness (QED) is 0.119. The third-order valence-electron chi connectivity index (χ3n) is 11.6. The number of phenolic OH excluding ortho intramolecular Hbond substituents is 2. The normalized spacial score (nSPS) is 25.1. The molecule has 1 saturated carbocycles. The highest BCUT2D eigenvalue weighted by Crippen LogP contribution is 2.62. The van der Waals surface area contributed by atoms with Gasteiger partial charge < -0.3 is 45.3 Å². The lowest BCUT2D eigenvalue weighted by molar-refractivity contribution is -0.141. The molecule has 0 aromatic heterocycles. The first kappa shape index (κ1) is 34.0. The van der Waals surface area contributed by atoms with Crippen molar-refractivity contribution in [3.8, 4) is 51.7 Å². The fourth-order valence-corrected chi connectivity index (χ4v) is 9.40. The van der Waals surface area contributed by atoms with Crippen molar-refractivity contribution in [3.63, 3.8) is 0 Å². The number of aromatic hydroxyl groups is 2. The summed E-state index contributed by atoms with van der Waals surface area (Å²) < 4.78 is 24.2. The number of dihydropyridines is 1. The van der Waals surface area contributed by atoms with Crippen molar-refractivity contribution in [1.82, 2.24) is 5.32 Å². The molecule has 3 aliphatic heterocycles. The van der Waals surface area contributed by atoms with E-state index in [1.165, 1.54) is 14.0 Å². The van der Waals surface area contributed by atoms with E-state index in [9.17, 15) is 20.1 Å². The second-order valence-electron chi connectivity index (χ2n) is 14.7. The molecule has 8 rings (SSSR count). The summed E-state index contributed by atoms with van der Waals surface area (Å²) >= 11 is 0. The minimum absolute atomic E-state index is 0.00818. The molecule has 0 radical (unpaired) electrons. The fraction of sp³-hybridized carbons (Fsp3) is 0.405. The van der Waals surface area contributed by atoms with E-state index in [0.29, 0.717) is 30.3 Å². The lowest BCUT2D eigenvalue weighted by Gasteiger charge is -2.39. The predicted molar refractivity (Wildman–Crippen MR) is 194 cm³/mol.